The maximum atomic E-state index is 12.3. The Morgan fingerprint density at radius 2 is 1.65 bits per heavy atom. The molecule has 3 N–H and O–H groups in total. The van der Waals surface area contributed by atoms with Gasteiger partial charge >= 0.3 is 17.9 Å². The van der Waals surface area contributed by atoms with Gasteiger partial charge in [0.15, 0.2) is 0 Å². The molecule has 0 aromatic carbocycles. The van der Waals surface area contributed by atoms with Crippen molar-refractivity contribution < 1.29 is 38.2 Å². The topological polar surface area (TPSA) is 185 Å². The fourth-order valence-corrected chi connectivity index (χ4v) is 3.60. The van der Waals surface area contributed by atoms with Crippen LogP contribution in [0.25, 0.3) is 0 Å². The van der Waals surface area contributed by atoms with Crippen molar-refractivity contribution in [3.8, 4) is 0 Å². The summed E-state index contributed by atoms with van der Waals surface area (Å²) >= 11 is 0. The summed E-state index contributed by atoms with van der Waals surface area (Å²) in [5.74, 6) is -2.81. The number of primary amides is 1. The first-order chi connectivity index (χ1) is 17.5. The van der Waals surface area contributed by atoms with E-state index in [2.05, 4.69) is 25.1 Å². The van der Waals surface area contributed by atoms with Crippen LogP contribution in [0.5, 0.6) is 0 Å². The Bertz CT molecular complexity index is 903. The molecule has 0 aliphatic carbocycles. The van der Waals surface area contributed by atoms with Crippen molar-refractivity contribution in [2.75, 3.05) is 41.0 Å². The molecule has 1 aromatic rings. The first kappa shape index (κ1) is 31.5. The van der Waals surface area contributed by atoms with E-state index in [0.717, 1.165) is 0 Å². The summed E-state index contributed by atoms with van der Waals surface area (Å²) in [7, 11) is 3.64. The number of carbonyl (C=O) groups is 5. The molecular formula is C23H38N6O8. The number of esters is 3. The Morgan fingerprint density at radius 1 is 1.03 bits per heavy atom. The van der Waals surface area contributed by atoms with Crippen LogP contribution in [-0.4, -0.2) is 96.6 Å². The lowest BCUT2D eigenvalue weighted by atomic mass is 9.95. The summed E-state index contributed by atoms with van der Waals surface area (Å²) in [5, 5.41) is 10.8. The number of carbonyl (C=O) groups excluding carboxylic acids is 5. The Kier molecular flexibility index (Phi) is 13.8. The highest BCUT2D eigenvalue weighted by Crippen LogP contribution is 2.21. The number of unbranched alkanes of at least 4 members (excludes halogenated alkanes) is 1. The first-order valence-electron chi connectivity index (χ1n) is 11.9. The number of nitrogens with two attached hydrogens (primary N) is 1. The van der Waals surface area contributed by atoms with Crippen molar-refractivity contribution in [3.05, 3.63) is 11.9 Å². The third-order valence-electron chi connectivity index (χ3n) is 5.82. The summed E-state index contributed by atoms with van der Waals surface area (Å²) in [6.45, 7) is 3.40. The standard InChI is InChI=1S/C23H38N6O8/c1-15(10-16(2)22(24)33)17-11-29(27-26-17)12-19(30)25-9-7-6-8-18(23(34)37-5)28(13-20(31)35-3)14-21(32)36-4/h11,15-16,18H,6-10,12-14H2,1-5H3,(H2,24,33)(H,25,30). The van der Waals surface area contributed by atoms with E-state index < -0.39 is 23.9 Å². The Balaban J connectivity index is 2.56. The number of methoxy groups -OCH3 is 3. The predicted molar refractivity (Wildman–Crippen MR) is 130 cm³/mol. The second-order valence-electron chi connectivity index (χ2n) is 8.72. The number of hydrogen-bond acceptors (Lipinski definition) is 11. The molecule has 37 heavy (non-hydrogen) atoms. The van der Waals surface area contributed by atoms with Gasteiger partial charge in [0.05, 0.1) is 40.1 Å². The third-order valence-corrected chi connectivity index (χ3v) is 5.82. The lowest BCUT2D eigenvalue weighted by Gasteiger charge is -2.27. The molecule has 0 radical (unpaired) electrons. The third kappa shape index (κ3) is 11.4. The van der Waals surface area contributed by atoms with E-state index in [9.17, 15) is 24.0 Å². The van der Waals surface area contributed by atoms with Gasteiger partial charge in [-0.25, -0.2) is 4.68 Å². The number of ether oxygens (including phenoxy) is 3. The Labute approximate surface area is 216 Å². The molecule has 0 spiro atoms. The molecule has 14 nitrogen and oxygen atoms in total. The first-order valence-corrected chi connectivity index (χ1v) is 11.9. The zero-order valence-corrected chi connectivity index (χ0v) is 22.1. The second kappa shape index (κ2) is 16.2. The van der Waals surface area contributed by atoms with Gasteiger partial charge in [0.1, 0.15) is 12.6 Å². The van der Waals surface area contributed by atoms with Crippen LogP contribution in [0, 0.1) is 5.92 Å². The molecule has 3 atom stereocenters. The van der Waals surface area contributed by atoms with Crippen LogP contribution in [0.15, 0.2) is 6.20 Å². The average Bonchev–Trinajstić information content (AvgIpc) is 3.33. The van der Waals surface area contributed by atoms with Crippen molar-refractivity contribution in [2.45, 2.75) is 58.0 Å². The minimum absolute atomic E-state index is 0.0259. The maximum Gasteiger partial charge on any atom is 0.323 e. The fourth-order valence-electron chi connectivity index (χ4n) is 3.60. The fraction of sp³-hybridized carbons (Fsp3) is 0.696. The summed E-state index contributed by atoms with van der Waals surface area (Å²) in [6.07, 6.45) is 3.51. The van der Waals surface area contributed by atoms with Crippen LogP contribution in [-0.2, 0) is 44.7 Å². The number of nitrogens with one attached hydrogen (secondary N) is 1. The lowest BCUT2D eigenvalue weighted by Crippen LogP contribution is -2.47. The zero-order valence-electron chi connectivity index (χ0n) is 22.1. The van der Waals surface area contributed by atoms with Gasteiger partial charge in [-0.1, -0.05) is 19.1 Å². The minimum atomic E-state index is -0.869. The van der Waals surface area contributed by atoms with E-state index in [0.29, 0.717) is 31.5 Å². The van der Waals surface area contributed by atoms with Crippen molar-refractivity contribution in [2.24, 2.45) is 11.7 Å². The maximum absolute atomic E-state index is 12.3. The summed E-state index contributed by atoms with van der Waals surface area (Å²) in [4.78, 5) is 60.8. The summed E-state index contributed by atoms with van der Waals surface area (Å²) in [6, 6.07) is -0.869. The lowest BCUT2D eigenvalue weighted by molar-refractivity contribution is -0.153. The Morgan fingerprint density at radius 3 is 2.19 bits per heavy atom. The normalized spacial score (nSPS) is 13.4. The summed E-state index contributed by atoms with van der Waals surface area (Å²) < 4.78 is 15.6. The van der Waals surface area contributed by atoms with Gasteiger partial charge in [-0.3, -0.25) is 28.9 Å². The smallest absolute Gasteiger partial charge is 0.323 e. The van der Waals surface area contributed by atoms with Gasteiger partial charge in [0, 0.05) is 24.6 Å². The second-order valence-corrected chi connectivity index (χ2v) is 8.72. The van der Waals surface area contributed by atoms with Gasteiger partial charge in [0.2, 0.25) is 11.8 Å². The summed E-state index contributed by atoms with van der Waals surface area (Å²) in [5.41, 5.74) is 5.97. The molecule has 0 aliphatic rings. The molecule has 208 valence electrons. The van der Waals surface area contributed by atoms with Crippen LogP contribution >= 0.6 is 0 Å². The molecule has 2 amide bonds. The molecule has 0 bridgehead atoms. The molecule has 0 saturated carbocycles. The number of nitrogens with zero attached hydrogens (tertiary/aromatic N) is 4. The monoisotopic (exact) mass is 526 g/mol. The Hall–Kier alpha value is -3.55. The van der Waals surface area contributed by atoms with E-state index in [-0.39, 0.29) is 49.7 Å². The molecule has 0 aliphatic heterocycles. The minimum Gasteiger partial charge on any atom is -0.468 e. The van der Waals surface area contributed by atoms with Crippen molar-refractivity contribution >= 4 is 29.7 Å². The predicted octanol–water partition coefficient (Wildman–Crippen LogP) is -0.631. The van der Waals surface area contributed by atoms with Gasteiger partial charge in [-0.2, -0.15) is 0 Å². The molecular weight excluding hydrogens is 488 g/mol. The molecule has 1 rings (SSSR count). The number of aromatic nitrogens is 3. The number of amides is 2. The van der Waals surface area contributed by atoms with Crippen molar-refractivity contribution in [1.82, 2.24) is 25.2 Å². The van der Waals surface area contributed by atoms with E-state index in [4.69, 9.17) is 10.5 Å². The van der Waals surface area contributed by atoms with Crippen LogP contribution < -0.4 is 11.1 Å². The highest BCUT2D eigenvalue weighted by atomic mass is 16.5. The van der Waals surface area contributed by atoms with Crippen LogP contribution in [0.2, 0.25) is 0 Å². The van der Waals surface area contributed by atoms with Crippen molar-refractivity contribution in [3.63, 3.8) is 0 Å². The highest BCUT2D eigenvalue weighted by molar-refractivity contribution is 5.80. The molecule has 0 fully saturated rings. The average molecular weight is 527 g/mol. The zero-order chi connectivity index (χ0) is 28.0. The van der Waals surface area contributed by atoms with Gasteiger partial charge in [0.25, 0.3) is 0 Å². The van der Waals surface area contributed by atoms with Gasteiger partial charge in [-0.15, -0.1) is 5.10 Å². The van der Waals surface area contributed by atoms with E-state index in [1.54, 1.807) is 13.1 Å². The molecule has 3 unspecified atom stereocenters. The van der Waals surface area contributed by atoms with E-state index >= 15 is 0 Å². The quantitative estimate of drug-likeness (QED) is 0.150. The van der Waals surface area contributed by atoms with Crippen LogP contribution in [0.1, 0.15) is 51.1 Å². The number of rotatable bonds is 17. The number of hydrogen-bond donors (Lipinski definition) is 2. The van der Waals surface area contributed by atoms with Crippen LogP contribution in [0.4, 0.5) is 0 Å². The highest BCUT2D eigenvalue weighted by Gasteiger charge is 2.30. The SMILES string of the molecule is COC(=O)CN(CC(=O)OC)C(CCCCNC(=O)Cn1cc(C(C)CC(C)C(N)=O)nn1)C(=O)OC. The van der Waals surface area contributed by atoms with Crippen molar-refractivity contribution in [1.29, 1.82) is 0 Å². The van der Waals surface area contributed by atoms with E-state index in [1.807, 2.05) is 6.92 Å². The molecule has 1 heterocycles. The van der Waals surface area contributed by atoms with Crippen LogP contribution in [0.3, 0.4) is 0 Å². The van der Waals surface area contributed by atoms with Gasteiger partial charge in [-0.05, 0) is 25.7 Å². The molecule has 1 aromatic heterocycles. The largest absolute Gasteiger partial charge is 0.468 e. The van der Waals surface area contributed by atoms with Gasteiger partial charge < -0.3 is 25.3 Å². The molecule has 14 heteroatoms. The molecule has 0 saturated heterocycles. The van der Waals surface area contributed by atoms with E-state index in [1.165, 1.54) is 30.9 Å².